The first-order valence-corrected chi connectivity index (χ1v) is 7.58. The Kier molecular flexibility index (Phi) is 4.19. The van der Waals surface area contributed by atoms with Crippen molar-refractivity contribution >= 4 is 28.3 Å². The standard InChI is InChI=1S/C16H13FIN3/c17-13-6-7-15(14(18)8-13)19-9-12-10-20-21-16(12)11-4-2-1-3-5-11/h1-8,10,19H,9H2,(H,20,21). The molecule has 3 nitrogen and oxygen atoms in total. The summed E-state index contributed by atoms with van der Waals surface area (Å²) >= 11 is 2.12. The minimum atomic E-state index is -0.224. The fourth-order valence-corrected chi connectivity index (χ4v) is 2.79. The number of benzene rings is 2. The summed E-state index contributed by atoms with van der Waals surface area (Å²) in [6, 6.07) is 14.8. The molecule has 3 rings (SSSR count). The number of halogens is 2. The third-order valence-corrected chi connectivity index (χ3v) is 4.07. The van der Waals surface area contributed by atoms with E-state index in [2.05, 4.69) is 38.1 Å². The van der Waals surface area contributed by atoms with Crippen molar-refractivity contribution in [2.75, 3.05) is 5.32 Å². The Bertz CT molecular complexity index is 740. The van der Waals surface area contributed by atoms with Crippen LogP contribution in [-0.2, 0) is 6.54 Å². The maximum Gasteiger partial charge on any atom is 0.124 e. The normalized spacial score (nSPS) is 10.6. The van der Waals surface area contributed by atoms with Gasteiger partial charge in [-0.15, -0.1) is 0 Å². The number of aromatic nitrogens is 2. The average Bonchev–Trinajstić information content (AvgIpc) is 2.96. The molecular formula is C16H13FIN3. The van der Waals surface area contributed by atoms with Gasteiger partial charge in [-0.2, -0.15) is 5.10 Å². The first-order chi connectivity index (χ1) is 10.2. The topological polar surface area (TPSA) is 40.7 Å². The van der Waals surface area contributed by atoms with Gasteiger partial charge in [-0.05, 0) is 46.4 Å². The van der Waals surface area contributed by atoms with Crippen LogP contribution < -0.4 is 5.32 Å². The fourth-order valence-electron chi connectivity index (χ4n) is 2.12. The van der Waals surface area contributed by atoms with E-state index in [0.29, 0.717) is 6.54 Å². The molecule has 106 valence electrons. The van der Waals surface area contributed by atoms with E-state index < -0.39 is 0 Å². The van der Waals surface area contributed by atoms with Gasteiger partial charge in [0, 0.05) is 21.4 Å². The summed E-state index contributed by atoms with van der Waals surface area (Å²) in [6.45, 7) is 0.627. The van der Waals surface area contributed by atoms with Crippen molar-refractivity contribution < 1.29 is 4.39 Å². The minimum Gasteiger partial charge on any atom is -0.380 e. The largest absolute Gasteiger partial charge is 0.380 e. The third kappa shape index (κ3) is 3.24. The zero-order chi connectivity index (χ0) is 14.7. The summed E-state index contributed by atoms with van der Waals surface area (Å²) in [4.78, 5) is 0. The second-order valence-electron chi connectivity index (χ2n) is 4.61. The van der Waals surface area contributed by atoms with Gasteiger partial charge in [0.1, 0.15) is 5.82 Å². The lowest BCUT2D eigenvalue weighted by molar-refractivity contribution is 0.627. The number of nitrogens with one attached hydrogen (secondary N) is 2. The van der Waals surface area contributed by atoms with Crippen molar-refractivity contribution in [3.05, 3.63) is 69.7 Å². The molecule has 0 saturated carbocycles. The smallest absolute Gasteiger partial charge is 0.124 e. The van der Waals surface area contributed by atoms with Crippen LogP contribution in [0.1, 0.15) is 5.56 Å². The van der Waals surface area contributed by atoms with E-state index in [1.54, 1.807) is 6.07 Å². The van der Waals surface area contributed by atoms with Gasteiger partial charge >= 0.3 is 0 Å². The molecule has 0 saturated heterocycles. The Morgan fingerprint density at radius 2 is 1.95 bits per heavy atom. The number of anilines is 1. The molecule has 0 amide bonds. The van der Waals surface area contributed by atoms with Gasteiger partial charge < -0.3 is 5.32 Å². The van der Waals surface area contributed by atoms with Gasteiger partial charge in [-0.1, -0.05) is 30.3 Å². The molecule has 0 atom stereocenters. The van der Waals surface area contributed by atoms with Crippen molar-refractivity contribution in [3.63, 3.8) is 0 Å². The maximum atomic E-state index is 13.1. The van der Waals surface area contributed by atoms with Crippen LogP contribution in [0.3, 0.4) is 0 Å². The van der Waals surface area contributed by atoms with Crippen molar-refractivity contribution in [2.45, 2.75) is 6.54 Å². The van der Waals surface area contributed by atoms with Gasteiger partial charge in [0.2, 0.25) is 0 Å². The maximum absolute atomic E-state index is 13.1. The van der Waals surface area contributed by atoms with Crippen LogP contribution in [0.4, 0.5) is 10.1 Å². The van der Waals surface area contributed by atoms with Crippen LogP contribution in [-0.4, -0.2) is 10.2 Å². The molecule has 0 aliphatic rings. The van der Waals surface area contributed by atoms with E-state index in [1.165, 1.54) is 12.1 Å². The lowest BCUT2D eigenvalue weighted by Gasteiger charge is -2.09. The molecule has 1 aromatic heterocycles. The number of aromatic amines is 1. The number of H-pyrrole nitrogens is 1. The van der Waals surface area contributed by atoms with E-state index in [-0.39, 0.29) is 5.82 Å². The molecule has 2 N–H and O–H groups in total. The number of rotatable bonds is 4. The Balaban J connectivity index is 1.79. The highest BCUT2D eigenvalue weighted by Crippen LogP contribution is 2.23. The van der Waals surface area contributed by atoms with Crippen molar-refractivity contribution in [1.82, 2.24) is 10.2 Å². The summed E-state index contributed by atoms with van der Waals surface area (Å²) in [5.74, 6) is -0.224. The highest BCUT2D eigenvalue weighted by atomic mass is 127. The predicted molar refractivity (Wildman–Crippen MR) is 90.5 cm³/mol. The molecule has 0 fully saturated rings. The lowest BCUT2D eigenvalue weighted by atomic mass is 10.1. The summed E-state index contributed by atoms with van der Waals surface area (Å²) < 4.78 is 14.0. The molecule has 0 aliphatic carbocycles. The van der Waals surface area contributed by atoms with Crippen LogP contribution in [0, 0.1) is 9.39 Å². The van der Waals surface area contributed by atoms with Gasteiger partial charge in [0.05, 0.1) is 11.9 Å². The molecule has 0 spiro atoms. The molecule has 0 bridgehead atoms. The zero-order valence-corrected chi connectivity index (χ0v) is 13.3. The van der Waals surface area contributed by atoms with Crippen molar-refractivity contribution in [3.8, 4) is 11.3 Å². The van der Waals surface area contributed by atoms with E-state index in [9.17, 15) is 4.39 Å². The molecule has 1 heterocycles. The SMILES string of the molecule is Fc1ccc(NCc2cn[nH]c2-c2ccccc2)c(I)c1. The Morgan fingerprint density at radius 1 is 1.14 bits per heavy atom. The second kappa shape index (κ2) is 6.26. The Morgan fingerprint density at radius 3 is 2.71 bits per heavy atom. The van der Waals surface area contributed by atoms with Crippen LogP contribution in [0.25, 0.3) is 11.3 Å². The zero-order valence-electron chi connectivity index (χ0n) is 11.1. The number of nitrogens with zero attached hydrogens (tertiary/aromatic N) is 1. The Hall–Kier alpha value is -1.89. The van der Waals surface area contributed by atoms with Gasteiger partial charge in [-0.25, -0.2) is 4.39 Å². The fraction of sp³-hybridized carbons (Fsp3) is 0.0625. The van der Waals surface area contributed by atoms with Crippen LogP contribution in [0.2, 0.25) is 0 Å². The van der Waals surface area contributed by atoms with E-state index in [1.807, 2.05) is 36.5 Å². The lowest BCUT2D eigenvalue weighted by Crippen LogP contribution is -2.01. The average molecular weight is 393 g/mol. The molecular weight excluding hydrogens is 380 g/mol. The van der Waals surface area contributed by atoms with Crippen molar-refractivity contribution in [1.29, 1.82) is 0 Å². The van der Waals surface area contributed by atoms with E-state index in [0.717, 1.165) is 26.1 Å². The van der Waals surface area contributed by atoms with E-state index >= 15 is 0 Å². The molecule has 21 heavy (non-hydrogen) atoms. The van der Waals surface area contributed by atoms with Crippen LogP contribution >= 0.6 is 22.6 Å². The summed E-state index contributed by atoms with van der Waals surface area (Å²) in [6.07, 6.45) is 1.81. The highest BCUT2D eigenvalue weighted by molar-refractivity contribution is 14.1. The van der Waals surface area contributed by atoms with Crippen LogP contribution in [0.5, 0.6) is 0 Å². The minimum absolute atomic E-state index is 0.224. The first kappa shape index (κ1) is 14.1. The van der Waals surface area contributed by atoms with Gasteiger partial charge in [-0.3, -0.25) is 5.10 Å². The monoisotopic (exact) mass is 393 g/mol. The van der Waals surface area contributed by atoms with E-state index in [4.69, 9.17) is 0 Å². The molecule has 0 unspecified atom stereocenters. The molecule has 2 aromatic carbocycles. The second-order valence-corrected chi connectivity index (χ2v) is 5.78. The summed E-state index contributed by atoms with van der Waals surface area (Å²) in [5.41, 5.74) is 4.08. The highest BCUT2D eigenvalue weighted by Gasteiger charge is 2.08. The number of hydrogen-bond donors (Lipinski definition) is 2. The quantitative estimate of drug-likeness (QED) is 0.644. The molecule has 5 heteroatoms. The van der Waals surface area contributed by atoms with Crippen molar-refractivity contribution in [2.24, 2.45) is 0 Å². The Labute approximate surface area is 135 Å². The third-order valence-electron chi connectivity index (χ3n) is 3.18. The molecule has 0 aliphatic heterocycles. The summed E-state index contributed by atoms with van der Waals surface area (Å²) in [5, 5.41) is 10.5. The molecule has 0 radical (unpaired) electrons. The van der Waals surface area contributed by atoms with Gasteiger partial charge in [0.15, 0.2) is 0 Å². The van der Waals surface area contributed by atoms with Crippen LogP contribution in [0.15, 0.2) is 54.7 Å². The molecule has 3 aromatic rings. The first-order valence-electron chi connectivity index (χ1n) is 6.50. The summed E-state index contributed by atoms with van der Waals surface area (Å²) in [7, 11) is 0. The van der Waals surface area contributed by atoms with Gasteiger partial charge in [0.25, 0.3) is 0 Å². The predicted octanol–water partition coefficient (Wildman–Crippen LogP) is 4.43. The number of hydrogen-bond acceptors (Lipinski definition) is 2.